The maximum Gasteiger partial charge on any atom is 0.332 e. The number of nitrogen functional groups attached to an aromatic ring is 1. The van der Waals surface area contributed by atoms with Gasteiger partial charge in [0.1, 0.15) is 5.69 Å². The van der Waals surface area contributed by atoms with Gasteiger partial charge in [-0.25, -0.2) is 4.98 Å². The lowest BCUT2D eigenvalue weighted by atomic mass is 10.1. The van der Waals surface area contributed by atoms with Crippen LogP contribution in [0.2, 0.25) is 0 Å². The van der Waals surface area contributed by atoms with Crippen LogP contribution in [0.25, 0.3) is 0 Å². The molecule has 0 bridgehead atoms. The summed E-state index contributed by atoms with van der Waals surface area (Å²) in [4.78, 5) is 18.4. The Morgan fingerprint density at radius 2 is 2.11 bits per heavy atom. The number of thioether (sulfide) groups is 1. The molecule has 1 saturated heterocycles. The van der Waals surface area contributed by atoms with E-state index in [2.05, 4.69) is 15.3 Å². The Morgan fingerprint density at radius 1 is 1.44 bits per heavy atom. The van der Waals surface area contributed by atoms with Gasteiger partial charge < -0.3 is 11.1 Å². The number of nitrogens with one attached hydrogen (secondary N) is 1. The second-order valence-corrected chi connectivity index (χ2v) is 5.38. The van der Waals surface area contributed by atoms with E-state index in [0.717, 1.165) is 24.3 Å². The number of aryl methyl sites for hydroxylation is 1. The van der Waals surface area contributed by atoms with Crippen LogP contribution >= 0.6 is 11.8 Å². The Hall–Kier alpha value is -1.57. The Balaban J connectivity index is 2.27. The van der Waals surface area contributed by atoms with E-state index in [1.54, 1.807) is 6.92 Å². The molecule has 1 fully saturated rings. The van der Waals surface area contributed by atoms with Crippen molar-refractivity contribution in [3.05, 3.63) is 15.8 Å². The summed E-state index contributed by atoms with van der Waals surface area (Å²) in [5.74, 6) is 2.42. The number of rotatable bonds is 3. The van der Waals surface area contributed by atoms with Crippen molar-refractivity contribution in [2.75, 3.05) is 22.6 Å². The number of anilines is 2. The fourth-order valence-electron chi connectivity index (χ4n) is 1.94. The van der Waals surface area contributed by atoms with E-state index in [0.29, 0.717) is 5.69 Å². The number of nitrogens with two attached hydrogens (primary N) is 1. The third kappa shape index (κ3) is 2.81. The molecule has 2 heterocycles. The average molecular weight is 269 g/mol. The van der Waals surface area contributed by atoms with E-state index < -0.39 is 4.92 Å². The average Bonchev–Trinajstić information content (AvgIpc) is 2.28. The van der Waals surface area contributed by atoms with E-state index in [1.807, 2.05) is 11.8 Å². The van der Waals surface area contributed by atoms with Gasteiger partial charge >= 0.3 is 5.69 Å². The summed E-state index contributed by atoms with van der Waals surface area (Å²) in [6.45, 7) is 1.57. The fourth-order valence-corrected chi connectivity index (χ4v) is 3.05. The first-order valence-corrected chi connectivity index (χ1v) is 6.86. The number of aromatic nitrogens is 2. The molecule has 0 amide bonds. The van der Waals surface area contributed by atoms with Gasteiger partial charge in [0.25, 0.3) is 0 Å². The molecule has 98 valence electrons. The minimum Gasteiger partial charge on any atom is -0.368 e. The molecular weight excluding hydrogens is 254 g/mol. The predicted octanol–water partition coefficient (Wildman–Crippen LogP) is 1.58. The molecule has 1 aromatic heterocycles. The normalized spacial score (nSPS) is 16.5. The zero-order valence-electron chi connectivity index (χ0n) is 10.0. The van der Waals surface area contributed by atoms with E-state index in [1.165, 1.54) is 0 Å². The first-order valence-electron chi connectivity index (χ1n) is 5.70. The van der Waals surface area contributed by atoms with Gasteiger partial charge in [-0.3, -0.25) is 10.1 Å². The van der Waals surface area contributed by atoms with Gasteiger partial charge in [-0.15, -0.1) is 0 Å². The fraction of sp³-hybridized carbons (Fsp3) is 0.600. The minimum atomic E-state index is -0.464. The summed E-state index contributed by atoms with van der Waals surface area (Å²) in [5.41, 5.74) is 5.76. The molecule has 18 heavy (non-hydrogen) atoms. The zero-order valence-corrected chi connectivity index (χ0v) is 10.9. The van der Waals surface area contributed by atoms with Gasteiger partial charge in [-0.1, -0.05) is 0 Å². The second-order valence-electron chi connectivity index (χ2n) is 4.15. The molecule has 0 radical (unpaired) electrons. The highest BCUT2D eigenvalue weighted by Crippen LogP contribution is 2.28. The lowest BCUT2D eigenvalue weighted by Gasteiger charge is -2.23. The number of hydrogen-bond acceptors (Lipinski definition) is 7. The van der Waals surface area contributed by atoms with E-state index in [-0.39, 0.29) is 23.5 Å². The van der Waals surface area contributed by atoms with E-state index >= 15 is 0 Å². The summed E-state index contributed by atoms with van der Waals surface area (Å²) in [7, 11) is 0. The van der Waals surface area contributed by atoms with Crippen molar-refractivity contribution in [1.82, 2.24) is 9.97 Å². The van der Waals surface area contributed by atoms with E-state index in [4.69, 9.17) is 5.73 Å². The lowest BCUT2D eigenvalue weighted by molar-refractivity contribution is -0.385. The van der Waals surface area contributed by atoms with Crippen LogP contribution in [0.3, 0.4) is 0 Å². The highest BCUT2D eigenvalue weighted by Gasteiger charge is 2.24. The van der Waals surface area contributed by atoms with Gasteiger partial charge in [0, 0.05) is 6.04 Å². The van der Waals surface area contributed by atoms with Gasteiger partial charge in [0.15, 0.2) is 0 Å². The molecule has 0 atom stereocenters. The van der Waals surface area contributed by atoms with Crippen molar-refractivity contribution < 1.29 is 4.92 Å². The third-order valence-electron chi connectivity index (χ3n) is 2.82. The summed E-state index contributed by atoms with van der Waals surface area (Å²) in [5, 5.41) is 14.2. The first-order chi connectivity index (χ1) is 8.58. The maximum absolute atomic E-state index is 11.0. The van der Waals surface area contributed by atoms with Gasteiger partial charge in [0.2, 0.25) is 11.8 Å². The standard InChI is InChI=1S/C10H15N5O2S/c1-6-8(15(16)17)9(14-10(11)12-6)13-7-2-4-18-5-3-7/h7H,2-5H2,1H3,(H3,11,12,13,14). The number of hydrogen-bond donors (Lipinski definition) is 2. The van der Waals surface area contributed by atoms with Crippen molar-refractivity contribution in [2.24, 2.45) is 0 Å². The van der Waals surface area contributed by atoms with Crippen LogP contribution < -0.4 is 11.1 Å². The molecule has 2 rings (SSSR count). The second kappa shape index (κ2) is 5.38. The van der Waals surface area contributed by atoms with Crippen LogP contribution in [0.1, 0.15) is 18.5 Å². The number of nitrogens with zero attached hydrogens (tertiary/aromatic N) is 3. The molecule has 0 aliphatic carbocycles. The topological polar surface area (TPSA) is 107 Å². The molecule has 0 unspecified atom stereocenters. The Labute approximate surface area is 109 Å². The Kier molecular flexibility index (Phi) is 3.85. The summed E-state index contributed by atoms with van der Waals surface area (Å²) in [6, 6.07) is 0.221. The molecule has 3 N–H and O–H groups in total. The van der Waals surface area contributed by atoms with Crippen molar-refractivity contribution in [2.45, 2.75) is 25.8 Å². The highest BCUT2D eigenvalue weighted by molar-refractivity contribution is 7.99. The molecule has 0 saturated carbocycles. The molecule has 0 aromatic carbocycles. The molecule has 0 spiro atoms. The number of nitro groups is 1. The maximum atomic E-state index is 11.0. The van der Waals surface area contributed by atoms with Crippen LogP contribution in [0.5, 0.6) is 0 Å². The van der Waals surface area contributed by atoms with Crippen molar-refractivity contribution >= 4 is 29.2 Å². The van der Waals surface area contributed by atoms with Crippen LogP contribution in [0, 0.1) is 17.0 Å². The largest absolute Gasteiger partial charge is 0.368 e. The molecule has 7 nitrogen and oxygen atoms in total. The van der Waals surface area contributed by atoms with Crippen LogP contribution in [-0.2, 0) is 0 Å². The summed E-state index contributed by atoms with van der Waals surface area (Å²) < 4.78 is 0. The van der Waals surface area contributed by atoms with E-state index in [9.17, 15) is 10.1 Å². The highest BCUT2D eigenvalue weighted by atomic mass is 32.2. The predicted molar refractivity (Wildman–Crippen MR) is 71.8 cm³/mol. The smallest absolute Gasteiger partial charge is 0.332 e. The van der Waals surface area contributed by atoms with Crippen molar-refractivity contribution in [1.29, 1.82) is 0 Å². The lowest BCUT2D eigenvalue weighted by Crippen LogP contribution is -2.26. The zero-order chi connectivity index (χ0) is 13.1. The quantitative estimate of drug-likeness (QED) is 0.633. The molecule has 8 heteroatoms. The summed E-state index contributed by atoms with van der Waals surface area (Å²) in [6.07, 6.45) is 1.95. The molecular formula is C10H15N5O2S. The van der Waals surface area contributed by atoms with Crippen molar-refractivity contribution in [3.8, 4) is 0 Å². The molecule has 1 aliphatic heterocycles. The monoisotopic (exact) mass is 269 g/mol. The van der Waals surface area contributed by atoms with Crippen LogP contribution in [0.15, 0.2) is 0 Å². The SMILES string of the molecule is Cc1nc(N)nc(NC2CCSCC2)c1[N+](=O)[O-]. The van der Waals surface area contributed by atoms with Crippen LogP contribution in [-0.4, -0.2) is 32.4 Å². The molecule has 1 aromatic rings. The molecule has 1 aliphatic rings. The van der Waals surface area contributed by atoms with Gasteiger partial charge in [-0.2, -0.15) is 16.7 Å². The minimum absolute atomic E-state index is 0.0609. The summed E-state index contributed by atoms with van der Waals surface area (Å²) >= 11 is 1.89. The van der Waals surface area contributed by atoms with Gasteiger partial charge in [-0.05, 0) is 31.3 Å². The Morgan fingerprint density at radius 3 is 2.72 bits per heavy atom. The van der Waals surface area contributed by atoms with Crippen LogP contribution in [0.4, 0.5) is 17.5 Å². The third-order valence-corrected chi connectivity index (χ3v) is 3.87. The van der Waals surface area contributed by atoms with Gasteiger partial charge in [0.05, 0.1) is 4.92 Å². The Bertz CT molecular complexity index is 462. The van der Waals surface area contributed by atoms with Crippen molar-refractivity contribution in [3.63, 3.8) is 0 Å². The first kappa shape index (κ1) is 12.9.